The molecule has 1 aliphatic rings. The average molecular weight is 361 g/mol. The molecular formula is C14H22Cl2N6O. The Bertz CT molecular complexity index is 662. The highest BCUT2D eigenvalue weighted by molar-refractivity contribution is 5.91. The number of rotatable bonds is 3. The molecule has 1 fully saturated rings. The van der Waals surface area contributed by atoms with Crippen molar-refractivity contribution in [2.75, 3.05) is 6.54 Å². The SMILES string of the molecule is Cc1ccnc2nc(C(=O)NC3CCCCC3CN)nn12.Cl.Cl. The Kier molecular flexibility index (Phi) is 7.18. The molecule has 0 bridgehead atoms. The topological polar surface area (TPSA) is 98.2 Å². The summed E-state index contributed by atoms with van der Waals surface area (Å²) in [6.07, 6.45) is 6.01. The van der Waals surface area contributed by atoms with E-state index in [4.69, 9.17) is 5.73 Å². The third-order valence-corrected chi connectivity index (χ3v) is 4.16. The normalized spacial score (nSPS) is 20.4. The summed E-state index contributed by atoms with van der Waals surface area (Å²) in [6, 6.07) is 1.95. The van der Waals surface area contributed by atoms with Crippen LogP contribution in [0.5, 0.6) is 0 Å². The lowest BCUT2D eigenvalue weighted by Crippen LogP contribution is -2.45. The van der Waals surface area contributed by atoms with Gasteiger partial charge >= 0.3 is 0 Å². The van der Waals surface area contributed by atoms with Crippen molar-refractivity contribution in [3.63, 3.8) is 0 Å². The zero-order valence-corrected chi connectivity index (χ0v) is 14.6. The number of hydrogen-bond acceptors (Lipinski definition) is 5. The number of hydrogen-bond donors (Lipinski definition) is 2. The molecule has 0 spiro atoms. The number of aryl methyl sites for hydroxylation is 1. The van der Waals surface area contributed by atoms with Crippen LogP contribution < -0.4 is 11.1 Å². The number of nitrogens with zero attached hydrogens (tertiary/aromatic N) is 4. The highest BCUT2D eigenvalue weighted by Gasteiger charge is 2.27. The third-order valence-electron chi connectivity index (χ3n) is 4.16. The lowest BCUT2D eigenvalue weighted by Gasteiger charge is -2.30. The van der Waals surface area contributed by atoms with Crippen LogP contribution in [-0.4, -0.2) is 38.1 Å². The second-order valence-electron chi connectivity index (χ2n) is 5.59. The summed E-state index contributed by atoms with van der Waals surface area (Å²) < 4.78 is 1.58. The standard InChI is InChI=1S/C14H20N6O.2ClH/c1-9-6-7-16-14-18-12(19-20(9)14)13(21)17-11-5-3-2-4-10(11)8-15;;/h6-7,10-11H,2-5,8,15H2,1H3,(H,17,21);2*1H. The van der Waals surface area contributed by atoms with E-state index in [1.165, 1.54) is 6.42 Å². The molecule has 0 saturated heterocycles. The summed E-state index contributed by atoms with van der Waals surface area (Å²) in [5, 5.41) is 7.26. The molecule has 2 aromatic rings. The Morgan fingerprint density at radius 2 is 2.13 bits per heavy atom. The maximum atomic E-state index is 12.3. The molecular weight excluding hydrogens is 339 g/mol. The van der Waals surface area contributed by atoms with Crippen LogP contribution in [0.3, 0.4) is 0 Å². The monoisotopic (exact) mass is 360 g/mol. The van der Waals surface area contributed by atoms with Crippen molar-refractivity contribution >= 4 is 36.5 Å². The maximum Gasteiger partial charge on any atom is 0.291 e. The molecule has 0 radical (unpaired) electrons. The van der Waals surface area contributed by atoms with Gasteiger partial charge in [0.2, 0.25) is 5.82 Å². The van der Waals surface area contributed by atoms with Crippen molar-refractivity contribution in [2.45, 2.75) is 38.6 Å². The number of nitrogens with two attached hydrogens (primary N) is 1. The van der Waals surface area contributed by atoms with Gasteiger partial charge in [0, 0.05) is 17.9 Å². The number of carbonyl (C=O) groups excluding carboxylic acids is 1. The second-order valence-corrected chi connectivity index (χ2v) is 5.59. The molecule has 2 atom stereocenters. The predicted octanol–water partition coefficient (Wildman–Crippen LogP) is 1.52. The van der Waals surface area contributed by atoms with E-state index in [1.807, 2.05) is 13.0 Å². The van der Waals surface area contributed by atoms with Crippen molar-refractivity contribution in [3.05, 3.63) is 23.8 Å². The summed E-state index contributed by atoms with van der Waals surface area (Å²) in [7, 11) is 0. The average Bonchev–Trinajstić information content (AvgIpc) is 2.93. The van der Waals surface area contributed by atoms with E-state index in [9.17, 15) is 4.79 Å². The number of carbonyl (C=O) groups is 1. The molecule has 3 N–H and O–H groups in total. The molecule has 1 aliphatic carbocycles. The molecule has 1 saturated carbocycles. The maximum absolute atomic E-state index is 12.3. The van der Waals surface area contributed by atoms with Crippen LogP contribution in [0.4, 0.5) is 0 Å². The van der Waals surface area contributed by atoms with Crippen molar-refractivity contribution in [2.24, 2.45) is 11.7 Å². The highest BCUT2D eigenvalue weighted by atomic mass is 35.5. The molecule has 7 nitrogen and oxygen atoms in total. The zero-order valence-electron chi connectivity index (χ0n) is 12.9. The van der Waals surface area contributed by atoms with Gasteiger partial charge in [0.15, 0.2) is 0 Å². The van der Waals surface area contributed by atoms with Crippen molar-refractivity contribution in [1.29, 1.82) is 0 Å². The molecule has 2 heterocycles. The number of aromatic nitrogens is 4. The predicted molar refractivity (Wildman–Crippen MR) is 92.3 cm³/mol. The van der Waals surface area contributed by atoms with Crippen LogP contribution >= 0.6 is 24.8 Å². The molecule has 0 aromatic carbocycles. The van der Waals surface area contributed by atoms with Gasteiger partial charge in [-0.15, -0.1) is 29.9 Å². The fourth-order valence-corrected chi connectivity index (χ4v) is 2.92. The van der Waals surface area contributed by atoms with Crippen LogP contribution in [0.25, 0.3) is 5.78 Å². The van der Waals surface area contributed by atoms with E-state index in [-0.39, 0.29) is 42.6 Å². The minimum atomic E-state index is -0.245. The summed E-state index contributed by atoms with van der Waals surface area (Å²) in [5.41, 5.74) is 6.69. The molecule has 3 rings (SSSR count). The first-order valence-electron chi connectivity index (χ1n) is 7.38. The molecule has 0 aliphatic heterocycles. The van der Waals surface area contributed by atoms with E-state index >= 15 is 0 Å². The largest absolute Gasteiger partial charge is 0.346 e. The van der Waals surface area contributed by atoms with E-state index in [1.54, 1.807) is 10.7 Å². The summed E-state index contributed by atoms with van der Waals surface area (Å²) >= 11 is 0. The van der Waals surface area contributed by atoms with Crippen LogP contribution in [0.15, 0.2) is 12.3 Å². The first-order valence-corrected chi connectivity index (χ1v) is 7.38. The van der Waals surface area contributed by atoms with Gasteiger partial charge in [-0.2, -0.15) is 4.98 Å². The van der Waals surface area contributed by atoms with Gasteiger partial charge in [0.25, 0.3) is 11.7 Å². The fraction of sp³-hybridized carbons (Fsp3) is 0.571. The van der Waals surface area contributed by atoms with Gasteiger partial charge in [0.1, 0.15) is 0 Å². The Morgan fingerprint density at radius 3 is 2.83 bits per heavy atom. The summed E-state index contributed by atoms with van der Waals surface area (Å²) in [5.74, 6) is 0.710. The zero-order chi connectivity index (χ0) is 14.8. The molecule has 128 valence electrons. The van der Waals surface area contributed by atoms with Crippen LogP contribution in [0, 0.1) is 12.8 Å². The lowest BCUT2D eigenvalue weighted by molar-refractivity contribution is 0.0897. The Hall–Kier alpha value is -1.44. The Balaban J connectivity index is 0.00000132. The van der Waals surface area contributed by atoms with E-state index in [0.29, 0.717) is 18.2 Å². The molecule has 1 amide bonds. The number of fused-ring (bicyclic) bond motifs is 1. The lowest BCUT2D eigenvalue weighted by atomic mass is 9.84. The first kappa shape index (κ1) is 19.6. The van der Waals surface area contributed by atoms with E-state index < -0.39 is 0 Å². The van der Waals surface area contributed by atoms with E-state index in [0.717, 1.165) is 25.0 Å². The molecule has 9 heteroatoms. The molecule has 2 unspecified atom stereocenters. The number of halogens is 2. The number of amides is 1. The first-order chi connectivity index (χ1) is 10.2. The minimum absolute atomic E-state index is 0. The summed E-state index contributed by atoms with van der Waals surface area (Å²) in [6.45, 7) is 2.50. The van der Waals surface area contributed by atoms with Gasteiger partial charge in [-0.05, 0) is 38.3 Å². The molecule has 2 aromatic heterocycles. The van der Waals surface area contributed by atoms with Crippen molar-refractivity contribution in [1.82, 2.24) is 24.9 Å². The fourth-order valence-electron chi connectivity index (χ4n) is 2.92. The highest BCUT2D eigenvalue weighted by Crippen LogP contribution is 2.23. The second kappa shape index (κ2) is 8.42. The van der Waals surface area contributed by atoms with Crippen LogP contribution in [0.1, 0.15) is 42.0 Å². The molecule has 23 heavy (non-hydrogen) atoms. The summed E-state index contributed by atoms with van der Waals surface area (Å²) in [4.78, 5) is 20.6. The third kappa shape index (κ3) is 4.10. The van der Waals surface area contributed by atoms with Gasteiger partial charge < -0.3 is 11.1 Å². The van der Waals surface area contributed by atoms with Crippen LogP contribution in [0.2, 0.25) is 0 Å². The number of nitrogens with one attached hydrogen (secondary N) is 1. The minimum Gasteiger partial charge on any atom is -0.346 e. The Labute approximate surface area is 147 Å². The van der Waals surface area contributed by atoms with Crippen molar-refractivity contribution < 1.29 is 4.79 Å². The van der Waals surface area contributed by atoms with Gasteiger partial charge in [-0.3, -0.25) is 4.79 Å². The van der Waals surface area contributed by atoms with Gasteiger partial charge in [-0.25, -0.2) is 9.50 Å². The smallest absolute Gasteiger partial charge is 0.291 e. The quantitative estimate of drug-likeness (QED) is 0.864. The van der Waals surface area contributed by atoms with Crippen LogP contribution in [-0.2, 0) is 0 Å². The Morgan fingerprint density at radius 1 is 1.39 bits per heavy atom. The van der Waals surface area contributed by atoms with Gasteiger partial charge in [-0.1, -0.05) is 12.8 Å². The van der Waals surface area contributed by atoms with Crippen molar-refractivity contribution in [3.8, 4) is 0 Å². The van der Waals surface area contributed by atoms with E-state index in [2.05, 4.69) is 20.4 Å². The van der Waals surface area contributed by atoms with Gasteiger partial charge in [0.05, 0.1) is 0 Å².